The van der Waals surface area contributed by atoms with E-state index < -0.39 is 35.6 Å². The molecule has 0 heterocycles. The van der Waals surface area contributed by atoms with Crippen LogP contribution < -0.4 is 19.5 Å². The van der Waals surface area contributed by atoms with Crippen molar-refractivity contribution in [1.29, 1.82) is 0 Å². The number of ether oxygens (including phenoxy) is 3. The van der Waals surface area contributed by atoms with Gasteiger partial charge in [-0.25, -0.2) is 4.79 Å². The van der Waals surface area contributed by atoms with Gasteiger partial charge in [0.05, 0.1) is 19.1 Å². The topological polar surface area (TPSA) is 128 Å². The molecule has 0 fully saturated rings. The molecule has 3 rings (SSSR count). The molecule has 38 heavy (non-hydrogen) atoms. The number of methoxy groups -OCH3 is 1. The Morgan fingerprint density at radius 1 is 0.868 bits per heavy atom. The Morgan fingerprint density at radius 2 is 1.42 bits per heavy atom. The summed E-state index contributed by atoms with van der Waals surface area (Å²) >= 11 is 6.24. The monoisotopic (exact) mass is 537 g/mol. The number of nitrogens with one attached hydrogen (secondary N) is 1. The first kappa shape index (κ1) is 27.9. The molecule has 1 atom stereocenters. The van der Waals surface area contributed by atoms with Gasteiger partial charge in [0.2, 0.25) is 0 Å². The molecule has 0 saturated heterocycles. The highest BCUT2D eigenvalue weighted by Gasteiger charge is 2.19. The van der Waals surface area contributed by atoms with E-state index >= 15 is 0 Å². The fourth-order valence-electron chi connectivity index (χ4n) is 3.15. The number of carboxylic acid groups (broad SMARTS) is 1. The van der Waals surface area contributed by atoms with Crippen molar-refractivity contribution in [1.82, 2.24) is 0 Å². The molecule has 0 saturated carbocycles. The van der Waals surface area contributed by atoms with Crippen LogP contribution in [0.2, 0.25) is 0 Å². The zero-order chi connectivity index (χ0) is 27.7. The Hall–Kier alpha value is -4.63. The van der Waals surface area contributed by atoms with E-state index in [9.17, 15) is 19.2 Å². The van der Waals surface area contributed by atoms with Crippen molar-refractivity contribution in [3.63, 3.8) is 0 Å². The van der Waals surface area contributed by atoms with Crippen LogP contribution in [0.1, 0.15) is 22.3 Å². The van der Waals surface area contributed by atoms with E-state index in [0.29, 0.717) is 22.7 Å². The second kappa shape index (κ2) is 13.1. The second-order valence-electron chi connectivity index (χ2n) is 8.01. The number of rotatable bonds is 11. The van der Waals surface area contributed by atoms with E-state index in [4.69, 9.17) is 30.9 Å². The van der Waals surface area contributed by atoms with Gasteiger partial charge in [-0.15, -0.1) is 11.6 Å². The van der Waals surface area contributed by atoms with E-state index in [1.54, 1.807) is 48.5 Å². The fraction of sp³-hybridized carbons (Fsp3) is 0.143. The Kier molecular flexibility index (Phi) is 9.61. The van der Waals surface area contributed by atoms with Crippen LogP contribution >= 0.6 is 11.6 Å². The number of amides is 1. The molecule has 3 aromatic carbocycles. The molecule has 0 aliphatic heterocycles. The highest BCUT2D eigenvalue weighted by atomic mass is 35.5. The molecule has 10 heteroatoms. The molecule has 0 radical (unpaired) electrons. The lowest BCUT2D eigenvalue weighted by Crippen LogP contribution is -2.23. The van der Waals surface area contributed by atoms with Crippen LogP contribution in [0, 0.1) is 0 Å². The Morgan fingerprint density at radius 3 is 2.00 bits per heavy atom. The second-order valence-corrected chi connectivity index (χ2v) is 8.53. The number of alkyl halides is 1. The quantitative estimate of drug-likeness (QED) is 0.157. The van der Waals surface area contributed by atoms with Crippen molar-refractivity contribution in [3.8, 4) is 17.2 Å². The molecule has 9 nitrogen and oxygen atoms in total. The summed E-state index contributed by atoms with van der Waals surface area (Å²) in [7, 11) is 1.54. The van der Waals surface area contributed by atoms with Gasteiger partial charge in [0, 0.05) is 11.3 Å². The van der Waals surface area contributed by atoms with Crippen molar-refractivity contribution in [3.05, 3.63) is 96.1 Å². The van der Waals surface area contributed by atoms with Gasteiger partial charge in [-0.3, -0.25) is 14.4 Å². The summed E-state index contributed by atoms with van der Waals surface area (Å²) in [5, 5.41) is 10.3. The lowest BCUT2D eigenvalue weighted by atomic mass is 10.1. The summed E-state index contributed by atoms with van der Waals surface area (Å²) in [6, 6.07) is 19.0. The van der Waals surface area contributed by atoms with Gasteiger partial charge < -0.3 is 24.6 Å². The third kappa shape index (κ3) is 8.21. The van der Waals surface area contributed by atoms with Crippen molar-refractivity contribution in [2.24, 2.45) is 0 Å². The lowest BCUT2D eigenvalue weighted by Gasteiger charge is -2.11. The first-order valence-electron chi connectivity index (χ1n) is 11.3. The van der Waals surface area contributed by atoms with Gasteiger partial charge in [0.1, 0.15) is 22.6 Å². The van der Waals surface area contributed by atoms with Crippen LogP contribution in [0.4, 0.5) is 5.69 Å². The number of aliphatic carboxylic acids is 1. The van der Waals surface area contributed by atoms with Gasteiger partial charge in [-0.1, -0.05) is 18.7 Å². The summed E-state index contributed by atoms with van der Waals surface area (Å²) in [5.41, 5.74) is 1.38. The largest absolute Gasteiger partial charge is 0.497 e. The highest BCUT2D eigenvalue weighted by molar-refractivity contribution is 6.30. The van der Waals surface area contributed by atoms with E-state index in [1.165, 1.54) is 31.4 Å². The van der Waals surface area contributed by atoms with Crippen molar-refractivity contribution in [2.75, 3.05) is 12.4 Å². The number of carbonyl (C=O) groups excluding carboxylic acids is 3. The van der Waals surface area contributed by atoms with Crippen LogP contribution in [-0.4, -0.2) is 41.4 Å². The van der Waals surface area contributed by atoms with E-state index in [-0.39, 0.29) is 17.7 Å². The number of esters is 2. The molecule has 0 aromatic heterocycles. The lowest BCUT2D eigenvalue weighted by molar-refractivity contribution is -0.137. The van der Waals surface area contributed by atoms with Gasteiger partial charge in [-0.05, 0) is 72.6 Å². The Labute approximate surface area is 223 Å². The number of hydrogen-bond donors (Lipinski definition) is 2. The summed E-state index contributed by atoms with van der Waals surface area (Å²) in [6.07, 6.45) is -0.302. The number of carboxylic acids is 1. The average molecular weight is 538 g/mol. The van der Waals surface area contributed by atoms with Gasteiger partial charge in [0.25, 0.3) is 5.91 Å². The van der Waals surface area contributed by atoms with E-state index in [1.807, 2.05) is 0 Å². The molecule has 2 N–H and O–H groups in total. The minimum absolute atomic E-state index is 0.0959. The molecule has 3 aromatic rings. The number of anilines is 1. The van der Waals surface area contributed by atoms with E-state index in [0.717, 1.165) is 5.56 Å². The summed E-state index contributed by atoms with van der Waals surface area (Å²) in [6.45, 7) is 3.43. The van der Waals surface area contributed by atoms with Crippen LogP contribution in [0.3, 0.4) is 0 Å². The standard InChI is InChI=1S/C28H24ClNO8/c1-17(15-25(31)32)26(33)30-20-7-13-23(14-8-20)38-28(35)24(29)16-18-3-9-22(10-4-18)37-27(34)19-5-11-21(36-2)12-6-19/h3-14,24H,1,15-16H2,2H3,(H,30,33)(H,31,32). The van der Waals surface area contributed by atoms with Crippen LogP contribution in [0.5, 0.6) is 17.2 Å². The predicted octanol–water partition coefficient (Wildman–Crippen LogP) is 4.64. The first-order valence-corrected chi connectivity index (χ1v) is 11.7. The predicted molar refractivity (Wildman–Crippen MR) is 140 cm³/mol. The van der Waals surface area contributed by atoms with E-state index in [2.05, 4.69) is 11.9 Å². The summed E-state index contributed by atoms with van der Waals surface area (Å²) < 4.78 is 15.7. The Bertz CT molecular complexity index is 1320. The SMILES string of the molecule is C=C(CC(=O)O)C(=O)Nc1ccc(OC(=O)C(Cl)Cc2ccc(OC(=O)c3ccc(OC)cc3)cc2)cc1. The molecule has 0 aliphatic carbocycles. The summed E-state index contributed by atoms with van der Waals surface area (Å²) in [5.74, 6) is -1.80. The number of halogens is 1. The van der Waals surface area contributed by atoms with Crippen LogP contribution in [0.25, 0.3) is 0 Å². The number of benzene rings is 3. The molecule has 0 bridgehead atoms. The first-order chi connectivity index (χ1) is 18.1. The molecule has 1 unspecified atom stereocenters. The molecular weight excluding hydrogens is 514 g/mol. The zero-order valence-electron chi connectivity index (χ0n) is 20.3. The molecule has 0 spiro atoms. The maximum atomic E-state index is 12.4. The zero-order valence-corrected chi connectivity index (χ0v) is 21.1. The maximum absolute atomic E-state index is 12.4. The minimum Gasteiger partial charge on any atom is -0.497 e. The molecule has 196 valence electrons. The van der Waals surface area contributed by atoms with Crippen molar-refractivity contribution < 1.29 is 38.5 Å². The van der Waals surface area contributed by atoms with Crippen LogP contribution in [-0.2, 0) is 20.8 Å². The van der Waals surface area contributed by atoms with Crippen molar-refractivity contribution >= 4 is 41.1 Å². The van der Waals surface area contributed by atoms with Crippen LogP contribution in [0.15, 0.2) is 84.9 Å². The number of hydrogen-bond acceptors (Lipinski definition) is 7. The third-order valence-electron chi connectivity index (χ3n) is 5.15. The minimum atomic E-state index is -1.16. The van der Waals surface area contributed by atoms with Gasteiger partial charge >= 0.3 is 17.9 Å². The number of carbonyl (C=O) groups is 4. The molecular formula is C28H24ClNO8. The average Bonchev–Trinajstić information content (AvgIpc) is 2.90. The smallest absolute Gasteiger partial charge is 0.343 e. The van der Waals surface area contributed by atoms with Crippen molar-refractivity contribution in [2.45, 2.75) is 18.2 Å². The molecule has 0 aliphatic rings. The normalized spacial score (nSPS) is 11.1. The van der Waals surface area contributed by atoms with Gasteiger partial charge in [-0.2, -0.15) is 0 Å². The fourth-order valence-corrected chi connectivity index (χ4v) is 3.37. The third-order valence-corrected chi connectivity index (χ3v) is 5.48. The highest BCUT2D eigenvalue weighted by Crippen LogP contribution is 2.21. The molecule has 1 amide bonds. The summed E-state index contributed by atoms with van der Waals surface area (Å²) in [4.78, 5) is 47.3. The van der Waals surface area contributed by atoms with Gasteiger partial charge in [0.15, 0.2) is 0 Å². The Balaban J connectivity index is 1.49. The maximum Gasteiger partial charge on any atom is 0.343 e.